The zero-order valence-corrected chi connectivity index (χ0v) is 8.71. The molecule has 0 aliphatic rings. The minimum atomic E-state index is -4.43. The van der Waals surface area contributed by atoms with Crippen LogP contribution in [0.2, 0.25) is 0 Å². The third kappa shape index (κ3) is 5.21. The highest BCUT2D eigenvalue weighted by Crippen LogP contribution is 2.13. The molecule has 0 atom stereocenters. The van der Waals surface area contributed by atoms with Crippen molar-refractivity contribution in [3.05, 3.63) is 29.8 Å². The van der Waals surface area contributed by atoms with Crippen LogP contribution in [-0.2, 0) is 6.61 Å². The fraction of sp³-hybridized carbons (Fsp3) is 0.300. The second-order valence-corrected chi connectivity index (χ2v) is 3.28. The Bertz CT molecular complexity index is 376. The van der Waals surface area contributed by atoms with Crippen molar-refractivity contribution in [2.24, 2.45) is 0 Å². The van der Waals surface area contributed by atoms with E-state index in [0.29, 0.717) is 11.3 Å². The summed E-state index contributed by atoms with van der Waals surface area (Å²) in [6.07, 6.45) is -4.43. The van der Waals surface area contributed by atoms with Gasteiger partial charge in [-0.15, -0.1) is 0 Å². The van der Waals surface area contributed by atoms with Crippen LogP contribution in [0.5, 0.6) is 0 Å². The van der Waals surface area contributed by atoms with Crippen LogP contribution in [0.25, 0.3) is 0 Å². The molecule has 0 spiro atoms. The number of nitrogens with one attached hydrogen (secondary N) is 2. The molecule has 0 aromatic heterocycles. The van der Waals surface area contributed by atoms with Gasteiger partial charge in [0.1, 0.15) is 6.54 Å². The maximum absolute atomic E-state index is 11.8. The van der Waals surface area contributed by atoms with E-state index in [4.69, 9.17) is 5.11 Å². The first-order chi connectivity index (χ1) is 7.90. The average Bonchev–Trinajstić information content (AvgIpc) is 2.27. The van der Waals surface area contributed by atoms with E-state index < -0.39 is 18.8 Å². The molecule has 1 aromatic carbocycles. The number of alkyl halides is 3. The number of amides is 2. The third-order valence-electron chi connectivity index (χ3n) is 1.84. The molecule has 2 amide bonds. The van der Waals surface area contributed by atoms with Gasteiger partial charge in [-0.25, -0.2) is 4.79 Å². The molecule has 17 heavy (non-hydrogen) atoms. The zero-order valence-electron chi connectivity index (χ0n) is 8.71. The van der Waals surface area contributed by atoms with Crippen LogP contribution in [-0.4, -0.2) is 23.9 Å². The number of hydrogen-bond donors (Lipinski definition) is 3. The highest BCUT2D eigenvalue weighted by molar-refractivity contribution is 5.89. The molecule has 0 heterocycles. The monoisotopic (exact) mass is 248 g/mol. The first kappa shape index (κ1) is 13.3. The zero-order chi connectivity index (χ0) is 12.9. The average molecular weight is 248 g/mol. The molecule has 0 radical (unpaired) electrons. The van der Waals surface area contributed by atoms with Gasteiger partial charge in [0.15, 0.2) is 0 Å². The van der Waals surface area contributed by atoms with Gasteiger partial charge in [0.2, 0.25) is 0 Å². The maximum Gasteiger partial charge on any atom is 0.405 e. The first-order valence-corrected chi connectivity index (χ1v) is 4.72. The van der Waals surface area contributed by atoms with Gasteiger partial charge in [0.25, 0.3) is 0 Å². The molecule has 3 N–H and O–H groups in total. The Morgan fingerprint density at radius 1 is 1.24 bits per heavy atom. The van der Waals surface area contributed by atoms with E-state index in [1.165, 1.54) is 12.1 Å². The summed E-state index contributed by atoms with van der Waals surface area (Å²) in [5.74, 6) is 0. The Labute approximate surface area is 95.4 Å². The molecule has 0 bridgehead atoms. The highest BCUT2D eigenvalue weighted by atomic mass is 19.4. The second kappa shape index (κ2) is 5.53. The molecule has 0 saturated heterocycles. The van der Waals surface area contributed by atoms with Gasteiger partial charge in [0, 0.05) is 5.69 Å². The van der Waals surface area contributed by atoms with Gasteiger partial charge in [-0.2, -0.15) is 13.2 Å². The van der Waals surface area contributed by atoms with Gasteiger partial charge < -0.3 is 15.7 Å². The standard InChI is InChI=1S/C10H11F3N2O2/c11-10(12,13)6-14-9(17)15-8-3-1-7(5-16)2-4-8/h1-4,16H,5-6H2,(H2,14,15,17). The number of aliphatic hydroxyl groups is 1. The number of halogens is 3. The number of aliphatic hydroxyl groups excluding tert-OH is 1. The maximum atomic E-state index is 11.8. The smallest absolute Gasteiger partial charge is 0.392 e. The van der Waals surface area contributed by atoms with Crippen LogP contribution in [0, 0.1) is 0 Å². The van der Waals surface area contributed by atoms with Crippen LogP contribution < -0.4 is 10.6 Å². The molecule has 1 aromatic rings. The van der Waals surface area contributed by atoms with Crippen LogP contribution in [0.15, 0.2) is 24.3 Å². The summed E-state index contributed by atoms with van der Waals surface area (Å²) in [4.78, 5) is 11.0. The van der Waals surface area contributed by atoms with E-state index in [-0.39, 0.29) is 6.61 Å². The summed E-state index contributed by atoms with van der Waals surface area (Å²) in [5, 5.41) is 12.7. The lowest BCUT2D eigenvalue weighted by molar-refractivity contribution is -0.122. The van der Waals surface area contributed by atoms with Crippen molar-refractivity contribution in [1.82, 2.24) is 5.32 Å². The second-order valence-electron chi connectivity index (χ2n) is 3.28. The Morgan fingerprint density at radius 2 is 1.82 bits per heavy atom. The number of carbonyl (C=O) groups is 1. The van der Waals surface area contributed by atoms with Crippen LogP contribution in [0.1, 0.15) is 5.56 Å². The lowest BCUT2D eigenvalue weighted by Gasteiger charge is -2.09. The number of rotatable bonds is 3. The number of carbonyl (C=O) groups excluding carboxylic acids is 1. The molecule has 0 aliphatic carbocycles. The molecule has 0 unspecified atom stereocenters. The summed E-state index contributed by atoms with van der Waals surface area (Å²) >= 11 is 0. The Hall–Kier alpha value is -1.76. The van der Waals surface area contributed by atoms with Gasteiger partial charge in [-0.3, -0.25) is 0 Å². The largest absolute Gasteiger partial charge is 0.405 e. The van der Waals surface area contributed by atoms with Gasteiger partial charge in [-0.05, 0) is 17.7 Å². The highest BCUT2D eigenvalue weighted by Gasteiger charge is 2.27. The van der Waals surface area contributed by atoms with Gasteiger partial charge >= 0.3 is 12.2 Å². The quantitative estimate of drug-likeness (QED) is 0.764. The Morgan fingerprint density at radius 3 is 2.29 bits per heavy atom. The van der Waals surface area contributed by atoms with Gasteiger partial charge in [0.05, 0.1) is 6.61 Å². The molecule has 4 nitrogen and oxygen atoms in total. The molecular weight excluding hydrogens is 237 g/mol. The number of anilines is 1. The van der Waals surface area contributed by atoms with Crippen molar-refractivity contribution in [2.75, 3.05) is 11.9 Å². The van der Waals surface area contributed by atoms with E-state index in [0.717, 1.165) is 0 Å². The van der Waals surface area contributed by atoms with Crippen molar-refractivity contribution >= 4 is 11.7 Å². The van der Waals surface area contributed by atoms with E-state index >= 15 is 0 Å². The van der Waals surface area contributed by atoms with Crippen molar-refractivity contribution in [2.45, 2.75) is 12.8 Å². The predicted molar refractivity (Wildman–Crippen MR) is 55.4 cm³/mol. The Balaban J connectivity index is 2.45. The van der Waals surface area contributed by atoms with E-state index in [9.17, 15) is 18.0 Å². The van der Waals surface area contributed by atoms with Crippen LogP contribution in [0.4, 0.5) is 23.7 Å². The molecule has 0 aliphatic heterocycles. The third-order valence-corrected chi connectivity index (χ3v) is 1.84. The minimum absolute atomic E-state index is 0.138. The normalized spacial score (nSPS) is 11.1. The van der Waals surface area contributed by atoms with Crippen molar-refractivity contribution in [1.29, 1.82) is 0 Å². The van der Waals surface area contributed by atoms with Crippen molar-refractivity contribution < 1.29 is 23.1 Å². The van der Waals surface area contributed by atoms with Crippen molar-refractivity contribution in [3.63, 3.8) is 0 Å². The topological polar surface area (TPSA) is 61.4 Å². The fourth-order valence-electron chi connectivity index (χ4n) is 1.05. The lowest BCUT2D eigenvalue weighted by atomic mass is 10.2. The summed E-state index contributed by atoms with van der Waals surface area (Å²) < 4.78 is 35.3. The summed E-state index contributed by atoms with van der Waals surface area (Å²) in [7, 11) is 0. The SMILES string of the molecule is O=C(NCC(F)(F)F)Nc1ccc(CO)cc1. The van der Waals surface area contributed by atoms with Crippen molar-refractivity contribution in [3.8, 4) is 0 Å². The number of urea groups is 1. The predicted octanol–water partition coefficient (Wildman–Crippen LogP) is 1.86. The molecule has 0 fully saturated rings. The molecule has 1 rings (SSSR count). The van der Waals surface area contributed by atoms with Crippen LogP contribution >= 0.6 is 0 Å². The van der Waals surface area contributed by atoms with E-state index in [1.807, 2.05) is 0 Å². The Kier molecular flexibility index (Phi) is 4.33. The van der Waals surface area contributed by atoms with E-state index in [2.05, 4.69) is 5.32 Å². The number of hydrogen-bond acceptors (Lipinski definition) is 2. The first-order valence-electron chi connectivity index (χ1n) is 4.72. The summed E-state index contributed by atoms with van der Waals surface area (Å²) in [5.41, 5.74) is 0.994. The van der Waals surface area contributed by atoms with Gasteiger partial charge in [-0.1, -0.05) is 12.1 Å². The lowest BCUT2D eigenvalue weighted by Crippen LogP contribution is -2.36. The molecule has 94 valence electrons. The summed E-state index contributed by atoms with van der Waals surface area (Å²) in [6.45, 7) is -1.52. The summed E-state index contributed by atoms with van der Waals surface area (Å²) in [6, 6.07) is 5.15. The molecular formula is C10H11F3N2O2. The fourth-order valence-corrected chi connectivity index (χ4v) is 1.05. The van der Waals surface area contributed by atoms with E-state index in [1.54, 1.807) is 17.4 Å². The molecule has 7 heteroatoms. The number of benzene rings is 1. The minimum Gasteiger partial charge on any atom is -0.392 e. The van der Waals surface area contributed by atoms with Crippen LogP contribution in [0.3, 0.4) is 0 Å². The molecule has 0 saturated carbocycles.